The Hall–Kier alpha value is -2.60. The van der Waals surface area contributed by atoms with E-state index in [1.807, 2.05) is 0 Å². The lowest BCUT2D eigenvalue weighted by Crippen LogP contribution is -2.38. The van der Waals surface area contributed by atoms with Crippen molar-refractivity contribution in [1.82, 2.24) is 14.6 Å². The van der Waals surface area contributed by atoms with Gasteiger partial charge in [0, 0.05) is 6.20 Å². The van der Waals surface area contributed by atoms with E-state index in [-0.39, 0.29) is 17.7 Å². The van der Waals surface area contributed by atoms with Crippen molar-refractivity contribution >= 4 is 24.6 Å². The third kappa shape index (κ3) is 5.67. The van der Waals surface area contributed by atoms with Gasteiger partial charge < -0.3 is 29.9 Å². The lowest BCUT2D eigenvalue weighted by atomic mass is 10.1. The molecular weight excluding hydrogens is 455 g/mol. The fourth-order valence-electron chi connectivity index (χ4n) is 3.28. The van der Waals surface area contributed by atoms with Crippen LogP contribution in [0.1, 0.15) is 20.1 Å². The second kappa shape index (κ2) is 10.6. The maximum absolute atomic E-state index is 13.7. The highest BCUT2D eigenvalue weighted by atomic mass is 31.2. The minimum absolute atomic E-state index is 0.00485. The average Bonchev–Trinajstić information content (AvgIpc) is 3.07. The monoisotopic (exact) mass is 482 g/mol. The van der Waals surface area contributed by atoms with E-state index in [2.05, 4.69) is 10.1 Å². The first-order chi connectivity index (χ1) is 15.7. The number of esters is 1. The van der Waals surface area contributed by atoms with Gasteiger partial charge in [-0.25, -0.2) is 9.88 Å². The molecule has 0 bridgehead atoms. The van der Waals surface area contributed by atoms with Crippen molar-refractivity contribution in [3.8, 4) is 0 Å². The van der Waals surface area contributed by atoms with Crippen LogP contribution in [0, 0.1) is 0 Å². The topological polar surface area (TPSA) is 175 Å². The number of carbonyl (C=O) groups is 1. The fraction of sp³-hybridized carbons (Fsp3) is 0.450. The van der Waals surface area contributed by atoms with E-state index in [1.54, 1.807) is 37.3 Å². The van der Waals surface area contributed by atoms with Crippen LogP contribution in [0.25, 0.3) is 0 Å². The highest BCUT2D eigenvalue weighted by Gasteiger charge is 2.45. The average molecular weight is 482 g/mol. The summed E-state index contributed by atoms with van der Waals surface area (Å²) in [5, 5.41) is 23.8. The molecule has 6 atom stereocenters. The number of anilines is 1. The molecule has 1 aromatic heterocycles. The Kier molecular flexibility index (Phi) is 8.01. The van der Waals surface area contributed by atoms with E-state index >= 15 is 0 Å². The summed E-state index contributed by atoms with van der Waals surface area (Å²) in [7, 11) is -3.83. The molecule has 13 heteroatoms. The highest BCUT2D eigenvalue weighted by Crippen LogP contribution is 2.43. The van der Waals surface area contributed by atoms with Gasteiger partial charge in [0.1, 0.15) is 30.2 Å². The molecule has 1 aromatic carbocycles. The summed E-state index contributed by atoms with van der Waals surface area (Å²) in [6.45, 7) is 2.88. The number of nitrogens with one attached hydrogen (secondary N) is 1. The molecule has 5 N–H and O–H groups in total. The molecule has 2 unspecified atom stereocenters. The molecule has 0 amide bonds. The molecule has 180 valence electrons. The van der Waals surface area contributed by atoms with Crippen molar-refractivity contribution in [1.29, 1.82) is 0 Å². The second-order valence-electron chi connectivity index (χ2n) is 7.37. The summed E-state index contributed by atoms with van der Waals surface area (Å²) < 4.78 is 30.9. The highest BCUT2D eigenvalue weighted by molar-refractivity contribution is 7.65. The van der Waals surface area contributed by atoms with Gasteiger partial charge in [-0.05, 0) is 32.0 Å². The van der Waals surface area contributed by atoms with Gasteiger partial charge in [-0.2, -0.15) is 4.98 Å². The number of nitrogen functional groups attached to an aromatic ring is 1. The molecule has 0 radical (unpaired) electrons. The number of rotatable bonds is 9. The largest absolute Gasteiger partial charge is 0.465 e. The second-order valence-corrected chi connectivity index (χ2v) is 9.51. The van der Waals surface area contributed by atoms with Crippen molar-refractivity contribution in [2.45, 2.75) is 44.4 Å². The lowest BCUT2D eigenvalue weighted by Gasteiger charge is -2.25. The van der Waals surface area contributed by atoms with Crippen LogP contribution in [-0.4, -0.2) is 63.3 Å². The number of nitrogens with zero attached hydrogens (tertiary/aromatic N) is 2. The quantitative estimate of drug-likeness (QED) is 0.268. The van der Waals surface area contributed by atoms with Gasteiger partial charge in [0.15, 0.2) is 6.23 Å². The molecular formula is C20H27N4O8P. The minimum Gasteiger partial charge on any atom is -0.465 e. The van der Waals surface area contributed by atoms with Crippen molar-refractivity contribution in [3.63, 3.8) is 0 Å². The molecule has 1 aliphatic rings. The van der Waals surface area contributed by atoms with Crippen LogP contribution in [0.4, 0.5) is 5.82 Å². The predicted octanol–water partition coefficient (Wildman–Crippen LogP) is -0.479. The van der Waals surface area contributed by atoms with Crippen molar-refractivity contribution in [3.05, 3.63) is 53.1 Å². The molecule has 33 heavy (non-hydrogen) atoms. The normalized spacial score (nSPS) is 25.3. The fourth-order valence-corrected chi connectivity index (χ4v) is 5.19. The van der Waals surface area contributed by atoms with Crippen LogP contribution in [0.15, 0.2) is 47.4 Å². The Balaban J connectivity index is 1.78. The molecule has 0 aliphatic carbocycles. The minimum atomic E-state index is -3.83. The van der Waals surface area contributed by atoms with Crippen molar-refractivity contribution in [2.24, 2.45) is 0 Å². The Morgan fingerprint density at radius 3 is 2.64 bits per heavy atom. The number of aliphatic hydroxyl groups excluding tert-OH is 2. The molecule has 1 fully saturated rings. The van der Waals surface area contributed by atoms with E-state index in [0.717, 1.165) is 4.57 Å². The number of carbonyl (C=O) groups excluding carboxylic acids is 1. The number of hydrogen-bond donors (Lipinski definition) is 4. The zero-order valence-electron chi connectivity index (χ0n) is 18.1. The van der Waals surface area contributed by atoms with Crippen LogP contribution in [0.3, 0.4) is 0 Å². The van der Waals surface area contributed by atoms with Crippen LogP contribution in [-0.2, 0) is 23.4 Å². The molecule has 2 heterocycles. The Bertz CT molecular complexity index is 1070. The zero-order chi connectivity index (χ0) is 24.2. The standard InChI is InChI=1S/C20H27N4O8P/c1-3-30-19(27)12(2)23-33(29,13-7-5-4-6-8-13)31-11-14-16(25)17(26)18(32-14)24-10-9-15(21)22-20(24)28/h4-10,12,14,16-18,25-26H,3,11H2,1-2H3,(H,23,29)(H2,21,22,28)/t12-,14+,16?,17-,18+,33?/m0/s1. The number of hydrogen-bond acceptors (Lipinski definition) is 10. The molecule has 1 aliphatic heterocycles. The molecule has 1 saturated heterocycles. The zero-order valence-corrected chi connectivity index (χ0v) is 19.0. The molecule has 3 rings (SSSR count). The summed E-state index contributed by atoms with van der Waals surface area (Å²) in [6.07, 6.45) is -4.04. The van der Waals surface area contributed by atoms with Crippen LogP contribution in [0.5, 0.6) is 0 Å². The van der Waals surface area contributed by atoms with Gasteiger partial charge in [-0.15, -0.1) is 0 Å². The number of nitrogens with two attached hydrogens (primary N) is 1. The molecule has 12 nitrogen and oxygen atoms in total. The predicted molar refractivity (Wildman–Crippen MR) is 118 cm³/mol. The van der Waals surface area contributed by atoms with Gasteiger partial charge in [0.25, 0.3) is 0 Å². The lowest BCUT2D eigenvalue weighted by molar-refractivity contribution is -0.144. The molecule has 0 spiro atoms. The maximum Gasteiger partial charge on any atom is 0.351 e. The number of ether oxygens (including phenoxy) is 2. The first-order valence-corrected chi connectivity index (χ1v) is 11.9. The first-order valence-electron chi connectivity index (χ1n) is 10.3. The van der Waals surface area contributed by atoms with E-state index in [9.17, 15) is 24.4 Å². The summed E-state index contributed by atoms with van der Waals surface area (Å²) in [5.74, 6) is -0.616. The Morgan fingerprint density at radius 1 is 1.30 bits per heavy atom. The summed E-state index contributed by atoms with van der Waals surface area (Å²) in [4.78, 5) is 27.7. The van der Waals surface area contributed by atoms with Crippen LogP contribution in [0.2, 0.25) is 0 Å². The molecule has 0 saturated carbocycles. The Morgan fingerprint density at radius 2 is 2.00 bits per heavy atom. The van der Waals surface area contributed by atoms with E-state index in [0.29, 0.717) is 0 Å². The van der Waals surface area contributed by atoms with Gasteiger partial charge in [0.2, 0.25) is 0 Å². The van der Waals surface area contributed by atoms with Crippen LogP contribution < -0.4 is 21.8 Å². The number of benzene rings is 1. The third-order valence-electron chi connectivity index (χ3n) is 4.98. The van der Waals surface area contributed by atoms with Gasteiger partial charge in [0.05, 0.1) is 18.5 Å². The van der Waals surface area contributed by atoms with E-state index in [4.69, 9.17) is 19.7 Å². The van der Waals surface area contributed by atoms with E-state index < -0.39 is 56.4 Å². The van der Waals surface area contributed by atoms with Gasteiger partial charge in [-0.1, -0.05) is 18.2 Å². The van der Waals surface area contributed by atoms with Gasteiger partial charge in [-0.3, -0.25) is 13.9 Å². The summed E-state index contributed by atoms with van der Waals surface area (Å²) in [5.41, 5.74) is 4.71. The smallest absolute Gasteiger partial charge is 0.351 e. The van der Waals surface area contributed by atoms with Crippen LogP contribution >= 0.6 is 7.52 Å². The summed E-state index contributed by atoms with van der Waals surface area (Å²) >= 11 is 0. The molecule has 2 aromatic rings. The van der Waals surface area contributed by atoms with E-state index in [1.165, 1.54) is 19.2 Å². The van der Waals surface area contributed by atoms with Crippen molar-refractivity contribution in [2.75, 3.05) is 18.9 Å². The maximum atomic E-state index is 13.7. The third-order valence-corrected chi connectivity index (χ3v) is 7.20. The SMILES string of the molecule is CCOC(=O)[C@H](C)NP(=O)(OC[C@H]1O[C@@H](n2ccc(N)nc2=O)[C@@H](O)C1O)c1ccccc1. The van der Waals surface area contributed by atoms with Crippen molar-refractivity contribution < 1.29 is 33.6 Å². The number of aromatic nitrogens is 2. The summed E-state index contributed by atoms with van der Waals surface area (Å²) in [6, 6.07) is 8.56. The first kappa shape index (κ1) is 25.0. The van der Waals surface area contributed by atoms with Gasteiger partial charge >= 0.3 is 19.2 Å². The number of aliphatic hydroxyl groups is 2. The Labute approximate surface area is 189 Å².